The number of aliphatic hydroxyl groups excluding tert-OH is 1. The molecule has 0 saturated carbocycles. The molecule has 1 aliphatic rings. The second-order valence-corrected chi connectivity index (χ2v) is 11.6. The minimum atomic E-state index is -3.50. The van der Waals surface area contributed by atoms with Gasteiger partial charge >= 0.3 is 0 Å². The van der Waals surface area contributed by atoms with Crippen molar-refractivity contribution < 1.29 is 27.5 Å². The van der Waals surface area contributed by atoms with Gasteiger partial charge in [0.05, 0.1) is 17.9 Å². The molecule has 2 aromatic carbocycles. The first-order valence-corrected chi connectivity index (χ1v) is 14.0. The summed E-state index contributed by atoms with van der Waals surface area (Å²) in [4.78, 5) is 27.5. The van der Waals surface area contributed by atoms with Crippen LogP contribution in [0.25, 0.3) is 0 Å². The van der Waals surface area contributed by atoms with Crippen LogP contribution in [0.1, 0.15) is 36.2 Å². The number of hydrogen-bond donors (Lipinski definition) is 4. The van der Waals surface area contributed by atoms with Crippen LogP contribution in [-0.4, -0.2) is 74.6 Å². The van der Waals surface area contributed by atoms with Gasteiger partial charge in [0, 0.05) is 31.7 Å². The number of rotatable bonds is 12. The Morgan fingerprint density at radius 2 is 1.76 bits per heavy atom. The quantitative estimate of drug-likeness (QED) is 0.325. The Labute approximate surface area is 217 Å². The molecule has 0 aromatic heterocycles. The summed E-state index contributed by atoms with van der Waals surface area (Å²) in [6, 6.07) is 12.5. The molecule has 9 nitrogen and oxygen atoms in total. The van der Waals surface area contributed by atoms with Crippen LogP contribution < -0.4 is 15.4 Å². The predicted molar refractivity (Wildman–Crippen MR) is 139 cm³/mol. The Bertz CT molecular complexity index is 1150. The number of halogens is 1. The molecule has 0 radical (unpaired) electrons. The summed E-state index contributed by atoms with van der Waals surface area (Å²) in [5, 5.41) is 16.0. The van der Waals surface area contributed by atoms with Gasteiger partial charge < -0.3 is 15.7 Å². The number of nitrogens with one attached hydrogen (secondary N) is 3. The number of benzene rings is 2. The average molecular weight is 535 g/mol. The molecule has 0 aliphatic carbocycles. The van der Waals surface area contributed by atoms with Crippen LogP contribution in [-0.2, 0) is 20.6 Å². The van der Waals surface area contributed by atoms with E-state index >= 15 is 0 Å². The molecule has 4 N–H and O–H groups in total. The largest absolute Gasteiger partial charge is 0.390 e. The third-order valence-electron chi connectivity index (χ3n) is 6.08. The minimum absolute atomic E-state index is 0.109. The molecule has 37 heavy (non-hydrogen) atoms. The Morgan fingerprint density at radius 1 is 1.08 bits per heavy atom. The Kier molecular flexibility index (Phi) is 10.2. The lowest BCUT2D eigenvalue weighted by molar-refractivity contribution is -0.124. The lowest BCUT2D eigenvalue weighted by atomic mass is 10.0. The van der Waals surface area contributed by atoms with Crippen LogP contribution in [0.15, 0.2) is 54.6 Å². The topological polar surface area (TPSA) is 128 Å². The molecule has 1 aliphatic heterocycles. The van der Waals surface area contributed by atoms with Crippen molar-refractivity contribution in [1.82, 2.24) is 20.3 Å². The third-order valence-corrected chi connectivity index (χ3v) is 7.43. The summed E-state index contributed by atoms with van der Waals surface area (Å²) in [5.41, 5.74) is 0.932. The standard InChI is InChI=1S/C26H35FN4O5S/c1-18(2)14-22(29-25(33)20-8-10-21(27)11-9-20)26(34)30-23-15-31(16-24(23)32)13-12-28-37(35,36)17-19-6-4-3-5-7-19/h3-11,18,22-24,28,32H,12-17H2,1-2H3,(H,29,33)(H,30,34)/t22-,23?,24?/m0/s1. The van der Waals surface area contributed by atoms with Crippen molar-refractivity contribution in [3.63, 3.8) is 0 Å². The fourth-order valence-electron chi connectivity index (χ4n) is 4.22. The van der Waals surface area contributed by atoms with Gasteiger partial charge in [-0.15, -0.1) is 0 Å². The number of sulfonamides is 1. The summed E-state index contributed by atoms with van der Waals surface area (Å²) in [7, 11) is -3.50. The van der Waals surface area contributed by atoms with E-state index in [1.807, 2.05) is 24.8 Å². The lowest BCUT2D eigenvalue weighted by Gasteiger charge is -2.24. The van der Waals surface area contributed by atoms with E-state index in [1.54, 1.807) is 24.3 Å². The second kappa shape index (κ2) is 13.1. The summed E-state index contributed by atoms with van der Waals surface area (Å²) in [6.07, 6.45) is -0.452. The first-order chi connectivity index (χ1) is 17.5. The predicted octanol–water partition coefficient (Wildman–Crippen LogP) is 1.25. The number of β-amino-alcohol motifs (C(OH)–C–C–N with tert-alkyl or cyclic N) is 1. The van der Waals surface area contributed by atoms with Crippen molar-refractivity contribution in [3.8, 4) is 0 Å². The Morgan fingerprint density at radius 3 is 2.41 bits per heavy atom. The average Bonchev–Trinajstić information content (AvgIpc) is 3.17. The van der Waals surface area contributed by atoms with Gasteiger partial charge in [0.15, 0.2) is 0 Å². The fourth-order valence-corrected chi connectivity index (χ4v) is 5.36. The van der Waals surface area contributed by atoms with E-state index in [-0.39, 0.29) is 30.3 Å². The zero-order valence-corrected chi connectivity index (χ0v) is 21.9. The number of aliphatic hydroxyl groups is 1. The molecule has 1 fully saturated rings. The number of amides is 2. The van der Waals surface area contributed by atoms with Gasteiger partial charge in [0.1, 0.15) is 11.9 Å². The smallest absolute Gasteiger partial charge is 0.251 e. The summed E-state index contributed by atoms with van der Waals surface area (Å²) in [5.74, 6) is -1.37. The maximum Gasteiger partial charge on any atom is 0.251 e. The van der Waals surface area contributed by atoms with Crippen LogP contribution in [0, 0.1) is 11.7 Å². The normalized spacial score (nSPS) is 19.1. The van der Waals surface area contributed by atoms with Crippen molar-refractivity contribution >= 4 is 21.8 Å². The molecule has 2 unspecified atom stereocenters. The highest BCUT2D eigenvalue weighted by Gasteiger charge is 2.34. The first-order valence-electron chi connectivity index (χ1n) is 12.3. The van der Waals surface area contributed by atoms with Crippen molar-refractivity contribution in [2.45, 2.75) is 44.2 Å². The number of carbonyl (C=O) groups is 2. The summed E-state index contributed by atoms with van der Waals surface area (Å²) in [6.45, 7) is 5.01. The molecule has 1 heterocycles. The monoisotopic (exact) mass is 534 g/mol. The van der Waals surface area contributed by atoms with Crippen LogP contribution >= 0.6 is 0 Å². The van der Waals surface area contributed by atoms with Gasteiger partial charge in [-0.05, 0) is 42.2 Å². The van der Waals surface area contributed by atoms with E-state index in [0.29, 0.717) is 25.1 Å². The summed E-state index contributed by atoms with van der Waals surface area (Å²) < 4.78 is 40.4. The Hall–Kier alpha value is -2.86. The molecule has 11 heteroatoms. The van der Waals surface area contributed by atoms with Gasteiger partial charge in [-0.1, -0.05) is 44.2 Å². The van der Waals surface area contributed by atoms with Crippen LogP contribution in [0.4, 0.5) is 4.39 Å². The van der Waals surface area contributed by atoms with Crippen LogP contribution in [0.5, 0.6) is 0 Å². The first kappa shape index (κ1) is 28.7. The summed E-state index contributed by atoms with van der Waals surface area (Å²) >= 11 is 0. The highest BCUT2D eigenvalue weighted by atomic mass is 32.2. The maximum atomic E-state index is 13.2. The van der Waals surface area contributed by atoms with Crippen LogP contribution in [0.3, 0.4) is 0 Å². The van der Waals surface area contributed by atoms with Gasteiger partial charge in [-0.2, -0.15) is 0 Å². The van der Waals surface area contributed by atoms with Crippen molar-refractivity contribution in [2.24, 2.45) is 5.92 Å². The SMILES string of the molecule is CC(C)C[C@H](NC(=O)c1ccc(F)cc1)C(=O)NC1CN(CCNS(=O)(=O)Cc2ccccc2)CC1O. The van der Waals surface area contributed by atoms with Gasteiger partial charge in [-0.25, -0.2) is 17.5 Å². The highest BCUT2D eigenvalue weighted by molar-refractivity contribution is 7.88. The highest BCUT2D eigenvalue weighted by Crippen LogP contribution is 2.13. The molecule has 2 amide bonds. The van der Waals surface area contributed by atoms with Crippen molar-refractivity contribution in [3.05, 3.63) is 71.5 Å². The molecular formula is C26H35FN4O5S. The van der Waals surface area contributed by atoms with E-state index in [2.05, 4.69) is 15.4 Å². The second-order valence-electron chi connectivity index (χ2n) is 9.74. The van der Waals surface area contributed by atoms with E-state index < -0.39 is 45.8 Å². The molecule has 0 bridgehead atoms. The number of carbonyl (C=O) groups excluding carboxylic acids is 2. The molecule has 2 aromatic rings. The number of likely N-dealkylation sites (tertiary alicyclic amines) is 1. The number of nitrogens with zero attached hydrogens (tertiary/aromatic N) is 1. The molecule has 0 spiro atoms. The minimum Gasteiger partial charge on any atom is -0.390 e. The lowest BCUT2D eigenvalue weighted by Crippen LogP contribution is -2.53. The zero-order valence-electron chi connectivity index (χ0n) is 21.1. The van der Waals surface area contributed by atoms with Gasteiger partial charge in [-0.3, -0.25) is 14.5 Å². The van der Waals surface area contributed by atoms with Gasteiger partial charge in [0.25, 0.3) is 5.91 Å². The maximum absolute atomic E-state index is 13.2. The van der Waals surface area contributed by atoms with E-state index in [9.17, 15) is 27.5 Å². The zero-order chi connectivity index (χ0) is 27.0. The van der Waals surface area contributed by atoms with E-state index in [0.717, 1.165) is 0 Å². The third kappa shape index (κ3) is 9.19. The molecule has 3 rings (SSSR count). The van der Waals surface area contributed by atoms with E-state index in [4.69, 9.17) is 0 Å². The molecular weight excluding hydrogens is 499 g/mol. The van der Waals surface area contributed by atoms with Crippen molar-refractivity contribution in [2.75, 3.05) is 26.2 Å². The molecule has 202 valence electrons. The fraction of sp³-hybridized carbons (Fsp3) is 0.462. The van der Waals surface area contributed by atoms with Crippen LogP contribution in [0.2, 0.25) is 0 Å². The molecule has 3 atom stereocenters. The Balaban J connectivity index is 1.50. The number of hydrogen-bond acceptors (Lipinski definition) is 6. The molecule has 1 saturated heterocycles. The van der Waals surface area contributed by atoms with Crippen molar-refractivity contribution in [1.29, 1.82) is 0 Å². The van der Waals surface area contributed by atoms with E-state index in [1.165, 1.54) is 24.3 Å². The van der Waals surface area contributed by atoms with Gasteiger partial charge in [0.2, 0.25) is 15.9 Å².